The van der Waals surface area contributed by atoms with Crippen molar-refractivity contribution < 1.29 is 23.1 Å². The van der Waals surface area contributed by atoms with E-state index < -0.39 is 28.5 Å². The van der Waals surface area contributed by atoms with Crippen LogP contribution < -0.4 is 14.8 Å². The van der Waals surface area contributed by atoms with Crippen LogP contribution in [-0.2, 0) is 21.4 Å². The van der Waals surface area contributed by atoms with E-state index in [1.165, 1.54) is 13.2 Å². The van der Waals surface area contributed by atoms with Gasteiger partial charge in [0.05, 0.1) is 19.6 Å². The largest absolute Gasteiger partial charge is 0.495 e. The molecule has 1 atom stereocenters. The fourth-order valence-electron chi connectivity index (χ4n) is 3.93. The number of aliphatic carboxylic acids is 1. The van der Waals surface area contributed by atoms with E-state index in [9.17, 15) is 18.3 Å². The van der Waals surface area contributed by atoms with Crippen LogP contribution in [-0.4, -0.2) is 31.6 Å². The van der Waals surface area contributed by atoms with Crippen molar-refractivity contribution in [3.8, 4) is 16.9 Å². The molecular weight excluding hydrogens is 490 g/mol. The third-order valence-electron chi connectivity index (χ3n) is 5.73. The predicted octanol–water partition coefficient (Wildman–Crippen LogP) is 4.86. The van der Waals surface area contributed by atoms with Crippen LogP contribution >= 0.6 is 0 Å². The van der Waals surface area contributed by atoms with Crippen molar-refractivity contribution in [2.24, 2.45) is 0 Å². The van der Waals surface area contributed by atoms with Gasteiger partial charge in [-0.05, 0) is 52.6 Å². The standard InChI is InChI=1S/C28H27N3O5S/c1-36-25-14-13-23(22-11-7-8-20(16-22)19-30-27-12-5-6-15-29-27)17-26(25)37(34,35)31-24(18-28(32)33)21-9-3-2-4-10-21/h2-17,24,31H,18-19H2,1H3,(H,29,30)(H,32,33). The van der Waals surface area contributed by atoms with Gasteiger partial charge in [-0.3, -0.25) is 4.79 Å². The Kier molecular flexibility index (Phi) is 8.17. The highest BCUT2D eigenvalue weighted by atomic mass is 32.2. The monoisotopic (exact) mass is 517 g/mol. The van der Waals surface area contributed by atoms with Gasteiger partial charge in [0, 0.05) is 12.7 Å². The molecule has 0 bridgehead atoms. The molecule has 37 heavy (non-hydrogen) atoms. The van der Waals surface area contributed by atoms with Crippen LogP contribution in [0.1, 0.15) is 23.6 Å². The van der Waals surface area contributed by atoms with Crippen molar-refractivity contribution in [2.75, 3.05) is 12.4 Å². The van der Waals surface area contributed by atoms with E-state index in [-0.39, 0.29) is 10.6 Å². The molecule has 4 aromatic rings. The summed E-state index contributed by atoms with van der Waals surface area (Å²) in [5, 5.41) is 12.6. The zero-order chi connectivity index (χ0) is 26.3. The number of sulfonamides is 1. The first-order chi connectivity index (χ1) is 17.9. The Balaban J connectivity index is 1.63. The lowest BCUT2D eigenvalue weighted by molar-refractivity contribution is -0.137. The summed E-state index contributed by atoms with van der Waals surface area (Å²) in [6.45, 7) is 0.543. The van der Waals surface area contributed by atoms with Gasteiger partial charge in [0.15, 0.2) is 0 Å². The third kappa shape index (κ3) is 6.72. The second kappa shape index (κ2) is 11.7. The third-order valence-corrected chi connectivity index (χ3v) is 7.22. The van der Waals surface area contributed by atoms with Gasteiger partial charge in [-0.25, -0.2) is 18.1 Å². The van der Waals surface area contributed by atoms with Crippen LogP contribution in [0, 0.1) is 0 Å². The second-order valence-electron chi connectivity index (χ2n) is 8.32. The van der Waals surface area contributed by atoms with Gasteiger partial charge in [-0.15, -0.1) is 0 Å². The molecule has 0 spiro atoms. The lowest BCUT2D eigenvalue weighted by Gasteiger charge is -2.19. The number of nitrogens with one attached hydrogen (secondary N) is 2. The minimum Gasteiger partial charge on any atom is -0.495 e. The minimum absolute atomic E-state index is 0.0733. The number of pyridine rings is 1. The van der Waals surface area contributed by atoms with Crippen LogP contribution in [0.25, 0.3) is 11.1 Å². The lowest BCUT2D eigenvalue weighted by Crippen LogP contribution is -2.30. The van der Waals surface area contributed by atoms with E-state index in [1.54, 1.807) is 48.7 Å². The molecule has 190 valence electrons. The van der Waals surface area contributed by atoms with Gasteiger partial charge in [-0.1, -0.05) is 60.7 Å². The van der Waals surface area contributed by atoms with Crippen molar-refractivity contribution >= 4 is 21.8 Å². The molecule has 4 rings (SSSR count). The van der Waals surface area contributed by atoms with E-state index >= 15 is 0 Å². The molecule has 0 fully saturated rings. The average molecular weight is 518 g/mol. The molecule has 3 N–H and O–H groups in total. The summed E-state index contributed by atoms with van der Waals surface area (Å²) < 4.78 is 34.9. The van der Waals surface area contributed by atoms with Crippen molar-refractivity contribution in [1.82, 2.24) is 9.71 Å². The van der Waals surface area contributed by atoms with Crippen molar-refractivity contribution in [2.45, 2.75) is 23.9 Å². The summed E-state index contributed by atoms with van der Waals surface area (Å²) in [4.78, 5) is 15.7. The first-order valence-corrected chi connectivity index (χ1v) is 13.1. The number of benzene rings is 3. The highest BCUT2D eigenvalue weighted by molar-refractivity contribution is 7.89. The topological polar surface area (TPSA) is 118 Å². The number of carboxylic acid groups (broad SMARTS) is 1. The maximum Gasteiger partial charge on any atom is 0.305 e. The smallest absolute Gasteiger partial charge is 0.305 e. The summed E-state index contributed by atoms with van der Waals surface area (Å²) in [6, 6.07) is 26.0. The molecule has 0 saturated heterocycles. The number of carbonyl (C=O) groups is 1. The summed E-state index contributed by atoms with van der Waals surface area (Å²) in [7, 11) is -2.75. The Morgan fingerprint density at radius 1 is 0.946 bits per heavy atom. The summed E-state index contributed by atoms with van der Waals surface area (Å²) in [5.41, 5.74) is 3.05. The Bertz CT molecular complexity index is 1460. The zero-order valence-electron chi connectivity index (χ0n) is 20.2. The SMILES string of the molecule is COc1ccc(-c2cccc(CNc3ccccn3)c2)cc1S(=O)(=O)NC(CC(=O)O)c1ccccc1. The van der Waals surface area contributed by atoms with Crippen LogP contribution in [0.5, 0.6) is 5.75 Å². The number of carboxylic acids is 1. The van der Waals surface area contributed by atoms with E-state index in [4.69, 9.17) is 4.74 Å². The quantitative estimate of drug-likeness (QED) is 0.260. The molecule has 1 heterocycles. The van der Waals surface area contributed by atoms with Gasteiger partial charge in [0.25, 0.3) is 0 Å². The molecule has 0 aliphatic heterocycles. The van der Waals surface area contributed by atoms with Gasteiger partial charge in [0.2, 0.25) is 10.0 Å². The minimum atomic E-state index is -4.14. The van der Waals surface area contributed by atoms with Crippen LogP contribution in [0.2, 0.25) is 0 Å². The maximum absolute atomic E-state index is 13.5. The van der Waals surface area contributed by atoms with Crippen molar-refractivity contribution in [1.29, 1.82) is 0 Å². The molecular formula is C28H27N3O5S. The van der Waals surface area contributed by atoms with Gasteiger partial charge in [0.1, 0.15) is 16.5 Å². The van der Waals surface area contributed by atoms with Crippen LogP contribution in [0.15, 0.2) is 102 Å². The molecule has 0 saturated carbocycles. The Morgan fingerprint density at radius 3 is 2.41 bits per heavy atom. The molecule has 3 aromatic carbocycles. The molecule has 1 aromatic heterocycles. The van der Waals surface area contributed by atoms with E-state index in [2.05, 4.69) is 15.0 Å². The Morgan fingerprint density at radius 2 is 1.70 bits per heavy atom. The Hall–Kier alpha value is -4.21. The number of hydrogen-bond donors (Lipinski definition) is 3. The second-order valence-corrected chi connectivity index (χ2v) is 10.00. The first kappa shape index (κ1) is 25.9. The summed E-state index contributed by atoms with van der Waals surface area (Å²) in [6.07, 6.45) is 1.31. The average Bonchev–Trinajstić information content (AvgIpc) is 2.92. The van der Waals surface area contributed by atoms with E-state index in [0.29, 0.717) is 17.7 Å². The number of aromatic nitrogens is 1. The van der Waals surface area contributed by atoms with Crippen molar-refractivity contribution in [3.63, 3.8) is 0 Å². The lowest BCUT2D eigenvalue weighted by atomic mass is 10.0. The number of hydrogen-bond acceptors (Lipinski definition) is 6. The first-order valence-electron chi connectivity index (χ1n) is 11.6. The number of methoxy groups -OCH3 is 1. The summed E-state index contributed by atoms with van der Waals surface area (Å²) >= 11 is 0. The van der Waals surface area contributed by atoms with E-state index in [0.717, 1.165) is 16.9 Å². The normalized spacial score (nSPS) is 12.0. The highest BCUT2D eigenvalue weighted by Gasteiger charge is 2.26. The summed E-state index contributed by atoms with van der Waals surface area (Å²) in [5.74, 6) is -0.203. The fraction of sp³-hybridized carbons (Fsp3) is 0.143. The van der Waals surface area contributed by atoms with E-state index in [1.807, 2.05) is 42.5 Å². The molecule has 1 unspecified atom stereocenters. The molecule has 0 radical (unpaired) electrons. The maximum atomic E-state index is 13.5. The number of ether oxygens (including phenoxy) is 1. The Labute approximate surface area is 216 Å². The van der Waals surface area contributed by atoms with Gasteiger partial charge < -0.3 is 15.2 Å². The molecule has 8 nitrogen and oxygen atoms in total. The fourth-order valence-corrected chi connectivity index (χ4v) is 5.34. The van der Waals surface area contributed by atoms with Gasteiger partial charge in [-0.2, -0.15) is 0 Å². The molecule has 0 amide bonds. The predicted molar refractivity (Wildman–Crippen MR) is 142 cm³/mol. The number of anilines is 1. The number of rotatable bonds is 11. The zero-order valence-corrected chi connectivity index (χ0v) is 21.0. The van der Waals surface area contributed by atoms with Crippen LogP contribution in [0.3, 0.4) is 0 Å². The van der Waals surface area contributed by atoms with Crippen molar-refractivity contribution in [3.05, 3.63) is 108 Å². The van der Waals surface area contributed by atoms with Gasteiger partial charge >= 0.3 is 5.97 Å². The number of nitrogens with zero attached hydrogens (tertiary/aromatic N) is 1. The molecule has 9 heteroatoms. The highest BCUT2D eigenvalue weighted by Crippen LogP contribution is 2.32. The molecule has 0 aliphatic rings. The molecule has 0 aliphatic carbocycles. The van der Waals surface area contributed by atoms with Crippen LogP contribution in [0.4, 0.5) is 5.82 Å².